The molecule has 0 N–H and O–H groups in total. The molecular weight excluding hydrogens is 240 g/mol. The molecule has 3 aromatic heterocycles. The van der Waals surface area contributed by atoms with E-state index in [9.17, 15) is 4.79 Å². The maximum atomic E-state index is 10.6. The average Bonchev–Trinajstić information content (AvgIpc) is 2.97. The lowest BCUT2D eigenvalue weighted by atomic mass is 10.3. The molecule has 0 aliphatic rings. The molecule has 3 aromatic rings. The van der Waals surface area contributed by atoms with Crippen LogP contribution in [-0.4, -0.2) is 16.3 Å². The Morgan fingerprint density at radius 2 is 2.12 bits per heavy atom. The zero-order chi connectivity index (χ0) is 11.0. The predicted octanol–water partition coefficient (Wildman–Crippen LogP) is 3.23. The number of thiazole rings is 1. The van der Waals surface area contributed by atoms with Crippen LogP contribution in [0.1, 0.15) is 9.67 Å². The van der Waals surface area contributed by atoms with Crippen LogP contribution >= 0.6 is 22.7 Å². The highest BCUT2D eigenvalue weighted by Gasteiger charge is 2.09. The Kier molecular flexibility index (Phi) is 2.27. The van der Waals surface area contributed by atoms with Crippen LogP contribution in [0.25, 0.3) is 20.8 Å². The van der Waals surface area contributed by atoms with Crippen molar-refractivity contribution in [2.24, 2.45) is 0 Å². The van der Waals surface area contributed by atoms with Crippen molar-refractivity contribution in [3.63, 3.8) is 0 Å². The van der Waals surface area contributed by atoms with Gasteiger partial charge in [-0.25, -0.2) is 4.98 Å². The molecule has 0 saturated carbocycles. The molecule has 0 fully saturated rings. The quantitative estimate of drug-likeness (QED) is 0.652. The van der Waals surface area contributed by atoms with Gasteiger partial charge in [0.1, 0.15) is 11.2 Å². The van der Waals surface area contributed by atoms with Gasteiger partial charge in [-0.1, -0.05) is 0 Å². The van der Waals surface area contributed by atoms with Crippen molar-refractivity contribution in [3.05, 3.63) is 34.8 Å². The van der Waals surface area contributed by atoms with E-state index in [0.717, 1.165) is 27.1 Å². The molecule has 0 aromatic carbocycles. The van der Waals surface area contributed by atoms with Crippen molar-refractivity contribution in [3.8, 4) is 10.6 Å². The monoisotopic (exact) mass is 246 g/mol. The number of thiophene rings is 1. The maximum absolute atomic E-state index is 10.6. The summed E-state index contributed by atoms with van der Waals surface area (Å²) in [6.45, 7) is 0. The van der Waals surface area contributed by atoms with Crippen molar-refractivity contribution < 1.29 is 4.79 Å². The Morgan fingerprint density at radius 3 is 2.94 bits per heavy atom. The Hall–Kier alpha value is -1.59. The number of hydrogen-bond donors (Lipinski definition) is 0. The van der Waals surface area contributed by atoms with Gasteiger partial charge in [-0.15, -0.1) is 22.7 Å². The second-order valence-corrected chi connectivity index (χ2v) is 5.18. The molecule has 0 bridgehead atoms. The predicted molar refractivity (Wildman–Crippen MR) is 66.1 cm³/mol. The van der Waals surface area contributed by atoms with Crippen molar-refractivity contribution >= 4 is 39.2 Å². The molecule has 3 heterocycles. The van der Waals surface area contributed by atoms with Crippen LogP contribution < -0.4 is 0 Å². The van der Waals surface area contributed by atoms with Gasteiger partial charge in [0.15, 0.2) is 6.29 Å². The number of pyridine rings is 1. The highest BCUT2D eigenvalue weighted by Crippen LogP contribution is 2.31. The van der Waals surface area contributed by atoms with Crippen molar-refractivity contribution in [2.75, 3.05) is 0 Å². The topological polar surface area (TPSA) is 42.9 Å². The first kappa shape index (κ1) is 9.62. The summed E-state index contributed by atoms with van der Waals surface area (Å²) >= 11 is 3.03. The van der Waals surface area contributed by atoms with E-state index >= 15 is 0 Å². The fourth-order valence-corrected chi connectivity index (χ4v) is 3.01. The molecular formula is C11H6N2OS2. The van der Waals surface area contributed by atoms with Gasteiger partial charge >= 0.3 is 0 Å². The number of carbonyl (C=O) groups excluding carboxylic acids is 1. The fraction of sp³-hybridized carbons (Fsp3) is 0. The Labute approximate surface area is 99.4 Å². The van der Waals surface area contributed by atoms with Gasteiger partial charge in [0.2, 0.25) is 0 Å². The van der Waals surface area contributed by atoms with Crippen LogP contribution in [0, 0.1) is 0 Å². The lowest BCUT2D eigenvalue weighted by Gasteiger charge is -1.96. The summed E-state index contributed by atoms with van der Waals surface area (Å²) in [5.74, 6) is 0. The summed E-state index contributed by atoms with van der Waals surface area (Å²) in [5, 5.41) is 0. The van der Waals surface area contributed by atoms with Crippen LogP contribution in [0.5, 0.6) is 0 Å². The van der Waals surface area contributed by atoms with Gasteiger partial charge in [0, 0.05) is 6.20 Å². The molecule has 0 radical (unpaired) electrons. The molecule has 0 amide bonds. The number of aromatic nitrogens is 2. The van der Waals surface area contributed by atoms with Gasteiger partial charge in [0.05, 0.1) is 20.0 Å². The first-order chi connectivity index (χ1) is 7.88. The number of aldehydes is 1. The van der Waals surface area contributed by atoms with Crippen LogP contribution in [0.3, 0.4) is 0 Å². The Morgan fingerprint density at radius 1 is 1.19 bits per heavy atom. The number of rotatable bonds is 2. The summed E-state index contributed by atoms with van der Waals surface area (Å²) in [5.41, 5.74) is 3.58. The minimum Gasteiger partial charge on any atom is -0.297 e. The van der Waals surface area contributed by atoms with Gasteiger partial charge in [-0.2, -0.15) is 0 Å². The summed E-state index contributed by atoms with van der Waals surface area (Å²) < 4.78 is 1.12. The molecule has 0 spiro atoms. The highest BCUT2D eigenvalue weighted by molar-refractivity contribution is 7.18. The molecule has 0 aliphatic heterocycles. The number of carbonyl (C=O) groups is 1. The van der Waals surface area contributed by atoms with E-state index < -0.39 is 0 Å². The maximum Gasteiger partial charge on any atom is 0.160 e. The van der Waals surface area contributed by atoms with Gasteiger partial charge in [-0.05, 0) is 18.2 Å². The highest BCUT2D eigenvalue weighted by atomic mass is 32.1. The molecule has 0 aliphatic carbocycles. The largest absolute Gasteiger partial charge is 0.297 e. The molecule has 0 atom stereocenters. The first-order valence-electron chi connectivity index (χ1n) is 4.62. The second kappa shape index (κ2) is 3.77. The van der Waals surface area contributed by atoms with E-state index in [4.69, 9.17) is 0 Å². The lowest BCUT2D eigenvalue weighted by Crippen LogP contribution is -1.80. The molecule has 16 heavy (non-hydrogen) atoms. The Balaban J connectivity index is 2.24. The van der Waals surface area contributed by atoms with E-state index in [1.807, 2.05) is 17.6 Å². The normalized spacial score (nSPS) is 10.8. The molecule has 5 heteroatoms. The SMILES string of the molecule is O=Cc1ccc(-c2nccc3scnc23)s1. The van der Waals surface area contributed by atoms with E-state index in [2.05, 4.69) is 9.97 Å². The lowest BCUT2D eigenvalue weighted by molar-refractivity contribution is 0.112. The van der Waals surface area contributed by atoms with Crippen LogP contribution in [0.4, 0.5) is 0 Å². The van der Waals surface area contributed by atoms with Crippen LogP contribution in [0.15, 0.2) is 29.9 Å². The van der Waals surface area contributed by atoms with E-state index in [0.29, 0.717) is 4.88 Å². The summed E-state index contributed by atoms with van der Waals surface area (Å²) in [4.78, 5) is 21.0. The zero-order valence-electron chi connectivity index (χ0n) is 8.08. The minimum absolute atomic E-state index is 0.712. The van der Waals surface area contributed by atoms with Crippen molar-refractivity contribution in [2.45, 2.75) is 0 Å². The zero-order valence-corrected chi connectivity index (χ0v) is 9.72. The van der Waals surface area contributed by atoms with Crippen molar-refractivity contribution in [1.82, 2.24) is 9.97 Å². The number of hydrogen-bond acceptors (Lipinski definition) is 5. The second-order valence-electron chi connectivity index (χ2n) is 3.18. The van der Waals surface area contributed by atoms with Gasteiger partial charge < -0.3 is 0 Å². The van der Waals surface area contributed by atoms with E-state index in [-0.39, 0.29) is 0 Å². The number of fused-ring (bicyclic) bond motifs is 1. The number of nitrogens with zero attached hydrogens (tertiary/aromatic N) is 2. The molecule has 3 rings (SSSR count). The summed E-state index contributed by atoms with van der Waals surface area (Å²) in [6.07, 6.45) is 2.63. The standard InChI is InChI=1S/C11H6N2OS2/c14-5-7-1-2-9(16-7)11-10-8(3-4-12-11)15-6-13-10/h1-6H. The van der Waals surface area contributed by atoms with Gasteiger partial charge in [0.25, 0.3) is 0 Å². The fourth-order valence-electron chi connectivity index (χ4n) is 1.52. The average molecular weight is 246 g/mol. The van der Waals surface area contributed by atoms with Crippen LogP contribution in [-0.2, 0) is 0 Å². The van der Waals surface area contributed by atoms with E-state index in [1.165, 1.54) is 11.3 Å². The third-order valence-corrected chi connectivity index (χ3v) is 4.04. The first-order valence-corrected chi connectivity index (χ1v) is 6.31. The van der Waals surface area contributed by atoms with E-state index in [1.54, 1.807) is 23.6 Å². The van der Waals surface area contributed by atoms with Gasteiger partial charge in [-0.3, -0.25) is 9.78 Å². The summed E-state index contributed by atoms with van der Waals surface area (Å²) in [6, 6.07) is 5.67. The third-order valence-electron chi connectivity index (χ3n) is 2.23. The third kappa shape index (κ3) is 1.45. The molecule has 0 unspecified atom stereocenters. The van der Waals surface area contributed by atoms with Crippen LogP contribution in [0.2, 0.25) is 0 Å². The molecule has 3 nitrogen and oxygen atoms in total. The minimum atomic E-state index is 0.712. The molecule has 78 valence electrons. The smallest absolute Gasteiger partial charge is 0.160 e. The summed E-state index contributed by atoms with van der Waals surface area (Å²) in [7, 11) is 0. The van der Waals surface area contributed by atoms with Crippen molar-refractivity contribution in [1.29, 1.82) is 0 Å². The molecule has 0 saturated heterocycles. The Bertz CT molecular complexity index is 657.